The van der Waals surface area contributed by atoms with Crippen LogP contribution in [-0.2, 0) is 16.7 Å². The maximum Gasteiger partial charge on any atom is 0.254 e. The van der Waals surface area contributed by atoms with E-state index in [1.54, 1.807) is 23.1 Å². The van der Waals surface area contributed by atoms with Gasteiger partial charge >= 0.3 is 0 Å². The van der Waals surface area contributed by atoms with Crippen LogP contribution >= 0.6 is 0 Å². The van der Waals surface area contributed by atoms with Crippen LogP contribution in [0, 0.1) is 5.82 Å². The standard InChI is InChI=1S/C23H28FNO2/c1-23(2,3)19-12-10-17(11-13-19)22(26)25(16-20-8-6-14-27-20)15-18-7-4-5-9-21(18)24/h4-5,7,9-13,20H,6,8,14-16H2,1-3H3. The van der Waals surface area contributed by atoms with Gasteiger partial charge in [0.25, 0.3) is 5.91 Å². The van der Waals surface area contributed by atoms with E-state index in [9.17, 15) is 9.18 Å². The van der Waals surface area contributed by atoms with Crippen LogP contribution in [0.1, 0.15) is 55.1 Å². The van der Waals surface area contributed by atoms with Crippen LogP contribution in [0.2, 0.25) is 0 Å². The lowest BCUT2D eigenvalue weighted by atomic mass is 9.86. The first-order chi connectivity index (χ1) is 12.8. The summed E-state index contributed by atoms with van der Waals surface area (Å²) in [6.45, 7) is 7.89. The molecule has 1 saturated heterocycles. The summed E-state index contributed by atoms with van der Waals surface area (Å²) in [5, 5.41) is 0. The fourth-order valence-corrected chi connectivity index (χ4v) is 3.38. The van der Waals surface area contributed by atoms with E-state index < -0.39 is 0 Å². The van der Waals surface area contributed by atoms with Crippen molar-refractivity contribution >= 4 is 5.91 Å². The molecule has 0 saturated carbocycles. The zero-order valence-electron chi connectivity index (χ0n) is 16.4. The second kappa shape index (κ2) is 8.22. The van der Waals surface area contributed by atoms with E-state index in [0.29, 0.717) is 17.7 Å². The van der Waals surface area contributed by atoms with Crippen LogP contribution in [0.5, 0.6) is 0 Å². The Balaban J connectivity index is 1.82. The number of carbonyl (C=O) groups excluding carboxylic acids is 1. The Kier molecular flexibility index (Phi) is 5.95. The molecule has 1 amide bonds. The zero-order chi connectivity index (χ0) is 19.4. The van der Waals surface area contributed by atoms with Crippen molar-refractivity contribution in [2.45, 2.75) is 51.7 Å². The van der Waals surface area contributed by atoms with Gasteiger partial charge in [-0.15, -0.1) is 0 Å². The highest BCUT2D eigenvalue weighted by molar-refractivity contribution is 5.94. The molecule has 1 aliphatic rings. The zero-order valence-corrected chi connectivity index (χ0v) is 16.4. The number of halogens is 1. The third kappa shape index (κ3) is 4.95. The Morgan fingerprint density at radius 3 is 2.44 bits per heavy atom. The van der Waals surface area contributed by atoms with Gasteiger partial charge in [0.15, 0.2) is 0 Å². The van der Waals surface area contributed by atoms with E-state index >= 15 is 0 Å². The summed E-state index contributed by atoms with van der Waals surface area (Å²) in [7, 11) is 0. The molecule has 0 aromatic heterocycles. The van der Waals surface area contributed by atoms with Crippen molar-refractivity contribution in [3.8, 4) is 0 Å². The van der Waals surface area contributed by atoms with Crippen molar-refractivity contribution in [3.63, 3.8) is 0 Å². The summed E-state index contributed by atoms with van der Waals surface area (Å²) < 4.78 is 19.9. The van der Waals surface area contributed by atoms with Gasteiger partial charge in [-0.2, -0.15) is 0 Å². The van der Waals surface area contributed by atoms with Gasteiger partial charge in [0.05, 0.1) is 6.10 Å². The number of ether oxygens (including phenoxy) is 1. The first kappa shape index (κ1) is 19.6. The van der Waals surface area contributed by atoms with Gasteiger partial charge in [0, 0.05) is 30.8 Å². The largest absolute Gasteiger partial charge is 0.376 e. The van der Waals surface area contributed by atoms with Crippen LogP contribution < -0.4 is 0 Å². The number of hydrogen-bond donors (Lipinski definition) is 0. The lowest BCUT2D eigenvalue weighted by Crippen LogP contribution is -2.37. The number of nitrogens with zero attached hydrogens (tertiary/aromatic N) is 1. The van der Waals surface area contributed by atoms with Crippen molar-refractivity contribution in [2.24, 2.45) is 0 Å². The lowest BCUT2D eigenvalue weighted by molar-refractivity contribution is 0.0505. The van der Waals surface area contributed by atoms with Crippen LogP contribution in [0.25, 0.3) is 0 Å². The Hall–Kier alpha value is -2.20. The minimum atomic E-state index is -0.286. The average molecular weight is 369 g/mol. The third-order valence-electron chi connectivity index (χ3n) is 5.05. The molecule has 4 heteroatoms. The minimum absolute atomic E-state index is 0.0228. The summed E-state index contributed by atoms with van der Waals surface area (Å²) in [5.41, 5.74) is 2.36. The predicted molar refractivity (Wildman–Crippen MR) is 105 cm³/mol. The molecule has 1 aliphatic heterocycles. The van der Waals surface area contributed by atoms with Crippen molar-refractivity contribution in [1.82, 2.24) is 4.90 Å². The average Bonchev–Trinajstić information content (AvgIpc) is 3.15. The molecule has 0 aliphatic carbocycles. The van der Waals surface area contributed by atoms with Gasteiger partial charge < -0.3 is 9.64 Å². The van der Waals surface area contributed by atoms with E-state index in [1.807, 2.05) is 24.3 Å². The highest BCUT2D eigenvalue weighted by Gasteiger charge is 2.25. The molecule has 2 aromatic carbocycles. The molecule has 1 fully saturated rings. The second-order valence-electron chi connectivity index (χ2n) is 8.24. The Bertz CT molecular complexity index is 774. The van der Waals surface area contributed by atoms with E-state index in [4.69, 9.17) is 4.74 Å². The first-order valence-electron chi connectivity index (χ1n) is 9.59. The number of benzene rings is 2. The fraction of sp³-hybridized carbons (Fsp3) is 0.435. The molecule has 0 bridgehead atoms. The molecule has 0 spiro atoms. The minimum Gasteiger partial charge on any atom is -0.376 e. The molecule has 2 aromatic rings. The van der Waals surface area contributed by atoms with Gasteiger partial charge in [0.1, 0.15) is 5.82 Å². The summed E-state index contributed by atoms with van der Waals surface area (Å²) in [5.74, 6) is -0.375. The lowest BCUT2D eigenvalue weighted by Gasteiger charge is -2.26. The molecule has 1 atom stereocenters. The number of hydrogen-bond acceptors (Lipinski definition) is 2. The van der Waals surface area contributed by atoms with Crippen LogP contribution in [0.4, 0.5) is 4.39 Å². The van der Waals surface area contributed by atoms with Crippen LogP contribution in [-0.4, -0.2) is 30.1 Å². The normalized spacial score (nSPS) is 17.1. The van der Waals surface area contributed by atoms with Crippen LogP contribution in [0.15, 0.2) is 48.5 Å². The van der Waals surface area contributed by atoms with E-state index in [0.717, 1.165) is 19.4 Å². The van der Waals surface area contributed by atoms with Gasteiger partial charge in [-0.25, -0.2) is 4.39 Å². The summed E-state index contributed by atoms with van der Waals surface area (Å²) >= 11 is 0. The molecular weight excluding hydrogens is 341 g/mol. The molecule has 1 heterocycles. The smallest absolute Gasteiger partial charge is 0.254 e. The van der Waals surface area contributed by atoms with E-state index in [1.165, 1.54) is 11.6 Å². The summed E-state index contributed by atoms with van der Waals surface area (Å²) in [6, 6.07) is 14.4. The fourth-order valence-electron chi connectivity index (χ4n) is 3.38. The molecule has 144 valence electrons. The molecule has 0 radical (unpaired) electrons. The van der Waals surface area contributed by atoms with Crippen molar-refractivity contribution in [1.29, 1.82) is 0 Å². The number of rotatable bonds is 5. The van der Waals surface area contributed by atoms with E-state index in [2.05, 4.69) is 20.8 Å². The van der Waals surface area contributed by atoms with E-state index in [-0.39, 0.29) is 29.8 Å². The maximum atomic E-state index is 14.1. The van der Waals surface area contributed by atoms with Gasteiger partial charge in [0.2, 0.25) is 0 Å². The monoisotopic (exact) mass is 369 g/mol. The predicted octanol–water partition coefficient (Wildman–Crippen LogP) is 4.94. The maximum absolute atomic E-state index is 14.1. The number of carbonyl (C=O) groups is 1. The molecule has 1 unspecified atom stereocenters. The quantitative estimate of drug-likeness (QED) is 0.747. The topological polar surface area (TPSA) is 29.5 Å². The third-order valence-corrected chi connectivity index (χ3v) is 5.05. The number of amides is 1. The molecule has 3 rings (SSSR count). The highest BCUT2D eigenvalue weighted by atomic mass is 19.1. The van der Waals surface area contributed by atoms with Crippen LogP contribution in [0.3, 0.4) is 0 Å². The Labute approximate surface area is 161 Å². The van der Waals surface area contributed by atoms with Crippen molar-refractivity contribution < 1.29 is 13.9 Å². The molecular formula is C23H28FNO2. The second-order valence-corrected chi connectivity index (χ2v) is 8.24. The van der Waals surface area contributed by atoms with Gasteiger partial charge in [-0.1, -0.05) is 51.1 Å². The first-order valence-corrected chi connectivity index (χ1v) is 9.59. The van der Waals surface area contributed by atoms with Crippen molar-refractivity contribution in [2.75, 3.05) is 13.2 Å². The summed E-state index contributed by atoms with van der Waals surface area (Å²) in [6.07, 6.45) is 1.96. The Morgan fingerprint density at radius 2 is 1.85 bits per heavy atom. The summed E-state index contributed by atoms with van der Waals surface area (Å²) in [4.78, 5) is 14.9. The molecule has 27 heavy (non-hydrogen) atoms. The molecule has 0 N–H and O–H groups in total. The van der Waals surface area contributed by atoms with Crippen molar-refractivity contribution in [3.05, 3.63) is 71.0 Å². The van der Waals surface area contributed by atoms with Gasteiger partial charge in [-0.05, 0) is 42.0 Å². The van der Waals surface area contributed by atoms with Gasteiger partial charge in [-0.3, -0.25) is 4.79 Å². The SMILES string of the molecule is CC(C)(C)c1ccc(C(=O)N(Cc2ccccc2F)CC2CCCO2)cc1. The Morgan fingerprint density at radius 1 is 1.15 bits per heavy atom. The molecule has 3 nitrogen and oxygen atoms in total. The highest BCUT2D eigenvalue weighted by Crippen LogP contribution is 2.23.